The molecule has 2 aliphatic heterocycles. The number of rotatable bonds is 3. The van der Waals surface area contributed by atoms with Crippen molar-refractivity contribution in [1.29, 1.82) is 0 Å². The van der Waals surface area contributed by atoms with Crippen LogP contribution in [-0.2, 0) is 13.1 Å². The second-order valence-corrected chi connectivity index (χ2v) is 13.5. The normalized spacial score (nSPS) is 33.6. The van der Waals surface area contributed by atoms with Gasteiger partial charge >= 0.3 is 6.18 Å². The lowest BCUT2D eigenvalue weighted by Gasteiger charge is -2.59. The molecule has 3 unspecified atom stereocenters. The minimum absolute atomic E-state index is 0.202. The van der Waals surface area contributed by atoms with Crippen molar-refractivity contribution < 1.29 is 13.2 Å². The predicted molar refractivity (Wildman–Crippen MR) is 137 cm³/mol. The quantitative estimate of drug-likeness (QED) is 0.444. The number of anilines is 1. The Morgan fingerprint density at radius 2 is 1.85 bits per heavy atom. The van der Waals surface area contributed by atoms with Crippen LogP contribution in [0.1, 0.15) is 61.1 Å². The molecule has 11 heteroatoms. The first-order chi connectivity index (χ1) is 18.6. The predicted octanol–water partition coefficient (Wildman–Crippen LogP) is 5.20. The highest BCUT2D eigenvalue weighted by molar-refractivity contribution is 6.30. The maximum atomic E-state index is 13.8. The number of hydrogen-bond donors (Lipinski definition) is 0. The Balaban J connectivity index is 0.996. The maximum absolute atomic E-state index is 13.8. The highest BCUT2D eigenvalue weighted by Crippen LogP contribution is 3.00. The summed E-state index contributed by atoms with van der Waals surface area (Å²) in [5.41, 5.74) is -0.108. The van der Waals surface area contributed by atoms with E-state index < -0.39 is 17.0 Å². The maximum Gasteiger partial charge on any atom is 0.395 e. The minimum atomic E-state index is -4.11. The van der Waals surface area contributed by atoms with Crippen LogP contribution in [0, 0.1) is 23.2 Å². The zero-order chi connectivity index (χ0) is 26.6. The largest absolute Gasteiger partial charge is 0.395 e. The molecule has 6 aliphatic rings. The van der Waals surface area contributed by atoms with E-state index in [2.05, 4.69) is 34.5 Å². The minimum Gasteiger partial charge on any atom is -0.355 e. The molecule has 5 fully saturated rings. The smallest absolute Gasteiger partial charge is 0.355 e. The third-order valence-electron chi connectivity index (χ3n) is 11.1. The van der Waals surface area contributed by atoms with Gasteiger partial charge in [-0.3, -0.25) is 9.47 Å². The Morgan fingerprint density at radius 1 is 1.03 bits per heavy atom. The first-order valence-electron chi connectivity index (χ1n) is 13.7. The van der Waals surface area contributed by atoms with Crippen molar-refractivity contribution in [2.45, 2.75) is 69.8 Å². The van der Waals surface area contributed by atoms with Gasteiger partial charge in [-0.1, -0.05) is 11.6 Å². The summed E-state index contributed by atoms with van der Waals surface area (Å²) < 4.78 is 43.7. The van der Waals surface area contributed by atoms with Gasteiger partial charge < -0.3 is 4.90 Å². The highest BCUT2D eigenvalue weighted by atomic mass is 35.5. The van der Waals surface area contributed by atoms with E-state index in [1.54, 1.807) is 0 Å². The Hall–Kier alpha value is -2.72. The molecule has 202 valence electrons. The molecule has 39 heavy (non-hydrogen) atoms. The molecular weight excluding hydrogens is 527 g/mol. The molecule has 3 aromatic rings. The number of fused-ring (bicyclic) bond motifs is 3. The summed E-state index contributed by atoms with van der Waals surface area (Å²) in [7, 11) is 0. The summed E-state index contributed by atoms with van der Waals surface area (Å²) in [6.07, 6.45) is 0.882. The fourth-order valence-corrected chi connectivity index (χ4v) is 9.38. The van der Waals surface area contributed by atoms with Crippen molar-refractivity contribution in [3.63, 3.8) is 0 Å². The van der Waals surface area contributed by atoms with E-state index >= 15 is 0 Å². The summed E-state index contributed by atoms with van der Waals surface area (Å²) in [5.74, 6) is 3.84. The molecule has 9 rings (SSSR count). The number of benzene rings is 1. The molecule has 2 spiro atoms. The van der Waals surface area contributed by atoms with Crippen LogP contribution in [0.2, 0.25) is 5.02 Å². The summed E-state index contributed by atoms with van der Waals surface area (Å²) >= 11 is 6.43. The molecule has 1 saturated heterocycles. The summed E-state index contributed by atoms with van der Waals surface area (Å²) in [4.78, 5) is 13.3. The number of alkyl halides is 3. The summed E-state index contributed by atoms with van der Waals surface area (Å²) in [6.45, 7) is 4.95. The van der Waals surface area contributed by atoms with E-state index in [9.17, 15) is 13.2 Å². The molecule has 7 nitrogen and oxygen atoms in total. The van der Waals surface area contributed by atoms with Crippen LogP contribution in [0.15, 0.2) is 30.5 Å². The topological polar surface area (TPSA) is 63.0 Å². The van der Waals surface area contributed by atoms with Gasteiger partial charge in [0.05, 0.1) is 17.6 Å². The van der Waals surface area contributed by atoms with E-state index in [-0.39, 0.29) is 23.8 Å². The van der Waals surface area contributed by atoms with E-state index in [0.29, 0.717) is 30.5 Å². The van der Waals surface area contributed by atoms with Gasteiger partial charge in [-0.2, -0.15) is 13.2 Å². The van der Waals surface area contributed by atoms with Gasteiger partial charge in [-0.05, 0) is 68.9 Å². The van der Waals surface area contributed by atoms with Crippen LogP contribution in [0.4, 0.5) is 19.0 Å². The molecule has 4 heterocycles. The standard InChI is InChI=1S/C28H27ClF3N7/c1-16-33-5-4-21(34-16)37-14-24(15-37)7-18(8-24)23-36-35-22-10-38(9-17-6-19(29)2-3-20(17)39(22)23)27-12-25(27)11-26(25,13-27)28(30,31)32/h2-6,18H,7-15H2,1H3. The van der Waals surface area contributed by atoms with Crippen molar-refractivity contribution >= 4 is 17.4 Å². The van der Waals surface area contributed by atoms with E-state index in [4.69, 9.17) is 11.6 Å². The third kappa shape index (κ3) is 2.70. The Morgan fingerprint density at radius 3 is 2.56 bits per heavy atom. The number of aryl methyl sites for hydroxylation is 1. The Kier molecular flexibility index (Phi) is 4.00. The van der Waals surface area contributed by atoms with Crippen molar-refractivity contribution in [3.8, 4) is 5.69 Å². The molecule has 0 amide bonds. The molecule has 3 atom stereocenters. The molecule has 0 N–H and O–H groups in total. The Bertz CT molecular complexity index is 1570. The average molecular weight is 554 g/mol. The van der Waals surface area contributed by atoms with Crippen molar-refractivity contribution in [3.05, 3.63) is 58.5 Å². The first kappa shape index (κ1) is 23.0. The summed E-state index contributed by atoms with van der Waals surface area (Å²) in [5, 5.41) is 9.96. The van der Waals surface area contributed by atoms with Crippen LogP contribution in [0.5, 0.6) is 0 Å². The average Bonchev–Trinajstić information content (AvgIpc) is 3.52. The van der Waals surface area contributed by atoms with Crippen LogP contribution in [0.3, 0.4) is 0 Å². The number of aromatic nitrogens is 5. The number of nitrogens with zero attached hydrogens (tertiary/aromatic N) is 7. The zero-order valence-corrected chi connectivity index (χ0v) is 22.2. The highest BCUT2D eigenvalue weighted by Gasteiger charge is 3.03. The van der Waals surface area contributed by atoms with Gasteiger partial charge in [0.15, 0.2) is 5.82 Å². The number of hydrogen-bond acceptors (Lipinski definition) is 6. The Labute approximate surface area is 228 Å². The molecular formula is C28H27ClF3N7. The lowest BCUT2D eigenvalue weighted by atomic mass is 9.57. The third-order valence-corrected chi connectivity index (χ3v) is 11.3. The summed E-state index contributed by atoms with van der Waals surface area (Å²) in [6, 6.07) is 7.84. The van der Waals surface area contributed by atoms with Gasteiger partial charge in [0.2, 0.25) is 0 Å². The van der Waals surface area contributed by atoms with Gasteiger partial charge in [0, 0.05) is 53.1 Å². The fourth-order valence-electron chi connectivity index (χ4n) is 9.19. The SMILES string of the molecule is Cc1nccc(N2CC3(CC(c4nnc5n4-c4ccc(Cl)cc4CN(C46CC7(C(F)(F)F)CC47C6)C5)C3)C2)n1. The molecule has 4 saturated carbocycles. The molecule has 0 bridgehead atoms. The molecule has 4 aliphatic carbocycles. The van der Waals surface area contributed by atoms with Crippen molar-refractivity contribution in [2.75, 3.05) is 18.0 Å². The number of halogens is 4. The lowest BCUT2D eigenvalue weighted by Crippen LogP contribution is -2.62. The second-order valence-electron chi connectivity index (χ2n) is 13.1. The van der Waals surface area contributed by atoms with Gasteiger partial charge in [0.1, 0.15) is 17.5 Å². The van der Waals surface area contributed by atoms with E-state index in [0.717, 1.165) is 60.5 Å². The zero-order valence-electron chi connectivity index (χ0n) is 21.5. The van der Waals surface area contributed by atoms with Crippen LogP contribution in [-0.4, -0.2) is 54.4 Å². The van der Waals surface area contributed by atoms with E-state index in [1.807, 2.05) is 37.4 Å². The lowest BCUT2D eigenvalue weighted by molar-refractivity contribution is -0.220. The fraction of sp³-hybridized carbons (Fsp3) is 0.571. The van der Waals surface area contributed by atoms with Crippen LogP contribution >= 0.6 is 11.6 Å². The van der Waals surface area contributed by atoms with Crippen LogP contribution in [0.25, 0.3) is 5.69 Å². The van der Waals surface area contributed by atoms with Crippen molar-refractivity contribution in [2.24, 2.45) is 16.2 Å². The second kappa shape index (κ2) is 6.77. The van der Waals surface area contributed by atoms with E-state index in [1.165, 1.54) is 0 Å². The monoisotopic (exact) mass is 553 g/mol. The molecule has 2 aromatic heterocycles. The molecule has 0 radical (unpaired) electrons. The van der Waals surface area contributed by atoms with Gasteiger partial charge in [-0.25, -0.2) is 9.97 Å². The van der Waals surface area contributed by atoms with Gasteiger partial charge in [-0.15, -0.1) is 10.2 Å². The first-order valence-corrected chi connectivity index (χ1v) is 14.1. The van der Waals surface area contributed by atoms with Crippen molar-refractivity contribution in [1.82, 2.24) is 29.6 Å². The molecule has 1 aromatic carbocycles. The van der Waals surface area contributed by atoms with Crippen LogP contribution < -0.4 is 4.90 Å². The van der Waals surface area contributed by atoms with Gasteiger partial charge in [0.25, 0.3) is 0 Å².